The molecule has 0 heterocycles. The van der Waals surface area contributed by atoms with Crippen LogP contribution in [0.3, 0.4) is 0 Å². The molecule has 248 valence electrons. The first-order chi connectivity index (χ1) is 20.7. The fourth-order valence-corrected chi connectivity index (χ4v) is 10.9. The fourth-order valence-electron chi connectivity index (χ4n) is 10.9. The Hall–Kier alpha value is -0.790. The minimum Gasteiger partial charge on any atom is -0.462 e. The topological polar surface area (TPSA) is 26.3 Å². The summed E-state index contributed by atoms with van der Waals surface area (Å²) < 4.78 is 6.11. The van der Waals surface area contributed by atoms with Crippen molar-refractivity contribution in [3.8, 4) is 0 Å². The summed E-state index contributed by atoms with van der Waals surface area (Å²) in [6, 6.07) is 0. The predicted octanol–water partition coefficient (Wildman–Crippen LogP) is 12.6. The van der Waals surface area contributed by atoms with E-state index in [1.165, 1.54) is 122 Å². The van der Waals surface area contributed by atoms with E-state index in [4.69, 9.17) is 4.74 Å². The summed E-state index contributed by atoms with van der Waals surface area (Å²) in [6.07, 6.45) is 32.5. The molecule has 2 nitrogen and oxygen atoms in total. The summed E-state index contributed by atoms with van der Waals surface area (Å²) in [5.74, 6) is 5.34. The van der Waals surface area contributed by atoms with Crippen molar-refractivity contribution in [2.45, 2.75) is 195 Å². The highest BCUT2D eigenvalue weighted by atomic mass is 16.5. The Labute approximate surface area is 268 Å². The van der Waals surface area contributed by atoms with E-state index in [1.807, 2.05) is 0 Å². The molecule has 0 aliphatic heterocycles. The lowest BCUT2D eigenvalue weighted by atomic mass is 9.47. The van der Waals surface area contributed by atoms with Gasteiger partial charge in [0.25, 0.3) is 0 Å². The molecule has 0 amide bonds. The number of hydrogen-bond donors (Lipinski definition) is 0. The van der Waals surface area contributed by atoms with E-state index in [-0.39, 0.29) is 12.1 Å². The highest BCUT2D eigenvalue weighted by Crippen LogP contribution is 2.67. The summed E-state index contributed by atoms with van der Waals surface area (Å²) in [6.45, 7) is 14.9. The van der Waals surface area contributed by atoms with Crippen LogP contribution in [0, 0.1) is 46.3 Å². The second kappa shape index (κ2) is 16.7. The van der Waals surface area contributed by atoms with Crippen molar-refractivity contribution in [1.29, 1.82) is 0 Å². The quantitative estimate of drug-likeness (QED) is 0.0893. The number of carbonyl (C=O) groups excluding carboxylic acids is 1. The third-order valence-corrected chi connectivity index (χ3v) is 13.5. The third-order valence-electron chi connectivity index (χ3n) is 13.5. The van der Waals surface area contributed by atoms with Crippen molar-refractivity contribution in [2.24, 2.45) is 46.3 Å². The minimum absolute atomic E-state index is 0.0618. The SMILES string of the molecule is CCCCCCCCCCCCCC(=O)O[C@H]1CC[C@@]2(C)C(=CC[C@H]3[C@@H]4CC[C@@H]([C@H](C)CCCC(C)C)[C@@]4(C)CC[C@@H]32)C1. The molecule has 3 fully saturated rings. The van der Waals surface area contributed by atoms with Crippen molar-refractivity contribution in [2.75, 3.05) is 0 Å². The lowest BCUT2D eigenvalue weighted by Gasteiger charge is -2.58. The third kappa shape index (κ3) is 8.93. The van der Waals surface area contributed by atoms with Crippen LogP contribution in [-0.4, -0.2) is 12.1 Å². The van der Waals surface area contributed by atoms with Gasteiger partial charge in [-0.15, -0.1) is 0 Å². The Balaban J connectivity index is 1.19. The van der Waals surface area contributed by atoms with Crippen LogP contribution in [0.25, 0.3) is 0 Å². The zero-order valence-electron chi connectivity index (χ0n) is 29.7. The Morgan fingerprint density at radius 3 is 2.16 bits per heavy atom. The summed E-state index contributed by atoms with van der Waals surface area (Å²) in [5.41, 5.74) is 2.54. The first-order valence-corrected chi connectivity index (χ1v) is 19.6. The van der Waals surface area contributed by atoms with E-state index in [0.29, 0.717) is 17.3 Å². The van der Waals surface area contributed by atoms with Crippen LogP contribution in [0.4, 0.5) is 0 Å². The van der Waals surface area contributed by atoms with Crippen LogP contribution in [0.15, 0.2) is 11.6 Å². The molecule has 0 bridgehead atoms. The van der Waals surface area contributed by atoms with E-state index in [9.17, 15) is 4.79 Å². The maximum absolute atomic E-state index is 12.7. The zero-order chi connectivity index (χ0) is 30.9. The second-order valence-corrected chi connectivity index (χ2v) is 16.9. The van der Waals surface area contributed by atoms with Gasteiger partial charge in [-0.05, 0) is 97.7 Å². The summed E-state index contributed by atoms with van der Waals surface area (Å²) >= 11 is 0. The Kier molecular flexibility index (Phi) is 13.6. The van der Waals surface area contributed by atoms with Crippen LogP contribution in [-0.2, 0) is 9.53 Å². The molecule has 0 unspecified atom stereocenters. The van der Waals surface area contributed by atoms with Crippen LogP contribution in [0.5, 0.6) is 0 Å². The molecule has 0 aromatic carbocycles. The first-order valence-electron chi connectivity index (χ1n) is 19.6. The molecule has 4 rings (SSSR count). The van der Waals surface area contributed by atoms with Gasteiger partial charge in [0.2, 0.25) is 0 Å². The van der Waals surface area contributed by atoms with E-state index in [1.54, 1.807) is 5.57 Å². The average molecular weight is 597 g/mol. The molecule has 0 aromatic heterocycles. The lowest BCUT2D eigenvalue weighted by Crippen LogP contribution is -2.51. The predicted molar refractivity (Wildman–Crippen MR) is 184 cm³/mol. The summed E-state index contributed by atoms with van der Waals surface area (Å²) in [5, 5.41) is 0. The van der Waals surface area contributed by atoms with Crippen molar-refractivity contribution in [3.63, 3.8) is 0 Å². The van der Waals surface area contributed by atoms with Gasteiger partial charge in [-0.25, -0.2) is 0 Å². The number of unbranched alkanes of at least 4 members (excludes halogenated alkanes) is 10. The van der Waals surface area contributed by atoms with Gasteiger partial charge >= 0.3 is 5.97 Å². The normalized spacial score (nSPS) is 34.3. The molecule has 2 heteroatoms. The molecule has 0 aromatic rings. The minimum atomic E-state index is 0.0618. The second-order valence-electron chi connectivity index (χ2n) is 16.9. The van der Waals surface area contributed by atoms with Gasteiger partial charge in [0, 0.05) is 12.8 Å². The molecule has 3 saturated carbocycles. The van der Waals surface area contributed by atoms with Crippen molar-refractivity contribution < 1.29 is 9.53 Å². The molecule has 4 aliphatic carbocycles. The molecule has 0 spiro atoms. The molecule has 0 N–H and O–H groups in total. The van der Waals surface area contributed by atoms with E-state index in [2.05, 4.69) is 47.6 Å². The molecule has 8 atom stereocenters. The number of rotatable bonds is 18. The number of ether oxygens (including phenoxy) is 1. The highest BCUT2D eigenvalue weighted by Gasteiger charge is 2.59. The number of hydrogen-bond acceptors (Lipinski definition) is 2. The number of allylic oxidation sites excluding steroid dienone is 1. The van der Waals surface area contributed by atoms with Gasteiger partial charge in [-0.2, -0.15) is 0 Å². The van der Waals surface area contributed by atoms with Crippen molar-refractivity contribution in [1.82, 2.24) is 0 Å². The summed E-state index contributed by atoms with van der Waals surface area (Å²) in [7, 11) is 0. The van der Waals surface area contributed by atoms with Gasteiger partial charge in [0.1, 0.15) is 6.10 Å². The van der Waals surface area contributed by atoms with Gasteiger partial charge in [-0.1, -0.05) is 137 Å². The molecule has 0 radical (unpaired) electrons. The fraction of sp³-hybridized carbons (Fsp3) is 0.927. The largest absolute Gasteiger partial charge is 0.462 e. The van der Waals surface area contributed by atoms with Crippen LogP contribution in [0.2, 0.25) is 0 Å². The van der Waals surface area contributed by atoms with E-state index in [0.717, 1.165) is 54.8 Å². The monoisotopic (exact) mass is 597 g/mol. The Morgan fingerprint density at radius 1 is 0.814 bits per heavy atom. The number of esters is 1. The van der Waals surface area contributed by atoms with E-state index >= 15 is 0 Å². The highest BCUT2D eigenvalue weighted by molar-refractivity contribution is 5.69. The standard InChI is InChI=1S/C41H72O2/c1-7-8-9-10-11-12-13-14-15-16-17-21-39(42)43-34-26-28-40(5)33(30-34)22-23-35-37-25-24-36(32(4)20-18-19-31(2)3)41(37,6)29-27-38(35)40/h22,31-32,34-38H,7-21,23-30H2,1-6H3/t32-,34+,35+,36+,37+,38+,40+,41-/m1/s1. The number of carbonyl (C=O) groups is 1. The molecule has 0 saturated heterocycles. The number of fused-ring (bicyclic) bond motifs is 5. The Bertz CT molecular complexity index is 873. The van der Waals surface area contributed by atoms with Crippen LogP contribution < -0.4 is 0 Å². The smallest absolute Gasteiger partial charge is 0.306 e. The van der Waals surface area contributed by atoms with Gasteiger partial charge in [-0.3, -0.25) is 4.79 Å². The van der Waals surface area contributed by atoms with Crippen LogP contribution in [0.1, 0.15) is 189 Å². The lowest BCUT2D eigenvalue weighted by molar-refractivity contribution is -0.151. The van der Waals surface area contributed by atoms with Crippen molar-refractivity contribution in [3.05, 3.63) is 11.6 Å². The van der Waals surface area contributed by atoms with Gasteiger partial charge in [0.15, 0.2) is 0 Å². The maximum atomic E-state index is 12.7. The van der Waals surface area contributed by atoms with E-state index < -0.39 is 0 Å². The van der Waals surface area contributed by atoms with Gasteiger partial charge < -0.3 is 4.74 Å². The summed E-state index contributed by atoms with van der Waals surface area (Å²) in [4.78, 5) is 12.7. The molecule has 4 aliphatic rings. The van der Waals surface area contributed by atoms with Crippen molar-refractivity contribution >= 4 is 5.97 Å². The Morgan fingerprint density at radius 2 is 1.49 bits per heavy atom. The van der Waals surface area contributed by atoms with Crippen LogP contribution >= 0.6 is 0 Å². The molecule has 43 heavy (non-hydrogen) atoms. The van der Waals surface area contributed by atoms with Gasteiger partial charge in [0.05, 0.1) is 0 Å². The molecular weight excluding hydrogens is 524 g/mol. The molecular formula is C41H72O2. The maximum Gasteiger partial charge on any atom is 0.306 e. The first kappa shape index (κ1) is 35.1. The average Bonchev–Trinajstić information content (AvgIpc) is 3.33. The zero-order valence-corrected chi connectivity index (χ0v) is 29.7.